The minimum atomic E-state index is -1.30. The molecule has 0 saturated carbocycles. The first kappa shape index (κ1) is 21.7. The molecule has 0 unspecified atom stereocenters. The molecule has 0 bridgehead atoms. The van der Waals surface area contributed by atoms with Crippen molar-refractivity contribution < 1.29 is 28.7 Å². The van der Waals surface area contributed by atoms with Crippen molar-refractivity contribution in [1.29, 1.82) is 0 Å². The third kappa shape index (κ3) is 4.44. The van der Waals surface area contributed by atoms with E-state index in [9.17, 15) is 28.7 Å². The van der Waals surface area contributed by atoms with Crippen molar-refractivity contribution in [3.8, 4) is 0 Å². The molecule has 0 aliphatic carbocycles. The molecule has 2 aliphatic heterocycles. The van der Waals surface area contributed by atoms with Gasteiger partial charge in [-0.3, -0.25) is 14.4 Å². The van der Waals surface area contributed by atoms with Crippen LogP contribution in [0.25, 0.3) is 0 Å². The lowest BCUT2D eigenvalue weighted by Gasteiger charge is -2.32. The van der Waals surface area contributed by atoms with Gasteiger partial charge in [-0.15, -0.1) is 0 Å². The number of nitrogens with zero attached hydrogens (tertiary/aromatic N) is 2. The Kier molecular flexibility index (Phi) is 6.38. The van der Waals surface area contributed by atoms with E-state index >= 15 is 0 Å². The third-order valence-corrected chi connectivity index (χ3v) is 5.67. The Labute approximate surface area is 174 Å². The van der Waals surface area contributed by atoms with Crippen molar-refractivity contribution in [3.63, 3.8) is 0 Å². The molecule has 1 aromatic carbocycles. The molecule has 0 radical (unpaired) electrons. The van der Waals surface area contributed by atoms with E-state index in [2.05, 4.69) is 5.32 Å². The number of aliphatic carboxylic acids is 1. The summed E-state index contributed by atoms with van der Waals surface area (Å²) in [6, 6.07) is 3.55. The summed E-state index contributed by atoms with van der Waals surface area (Å²) in [6.07, 6.45) is 0.872. The molecule has 162 valence electrons. The number of halogens is 1. The molecule has 1 N–H and O–H groups in total. The number of carboxylic acids is 1. The summed E-state index contributed by atoms with van der Waals surface area (Å²) in [5.74, 6) is -3.80. The van der Waals surface area contributed by atoms with Crippen molar-refractivity contribution in [3.05, 3.63) is 30.1 Å². The molecule has 3 atom stereocenters. The number of anilines is 1. The first-order chi connectivity index (χ1) is 14.2. The predicted octanol–water partition coefficient (Wildman–Crippen LogP) is 0.0603. The fourth-order valence-electron chi connectivity index (χ4n) is 3.99. The van der Waals surface area contributed by atoms with Crippen LogP contribution in [0, 0.1) is 17.7 Å². The summed E-state index contributed by atoms with van der Waals surface area (Å²) in [6.45, 7) is 3.95. The number of likely N-dealkylation sites (tertiary alicyclic amines) is 1. The number of carboxylic acid groups (broad SMARTS) is 1. The second-order valence-corrected chi connectivity index (χ2v) is 8.12. The van der Waals surface area contributed by atoms with Crippen molar-refractivity contribution in [2.45, 2.75) is 45.2 Å². The Morgan fingerprint density at radius 3 is 2.47 bits per heavy atom. The number of hydrogen-bond acceptors (Lipinski definition) is 5. The monoisotopic (exact) mass is 418 g/mol. The summed E-state index contributed by atoms with van der Waals surface area (Å²) in [7, 11) is 0. The first-order valence-corrected chi connectivity index (χ1v) is 10.1. The zero-order valence-corrected chi connectivity index (χ0v) is 17.0. The highest BCUT2D eigenvalue weighted by Gasteiger charge is 2.39. The lowest BCUT2D eigenvalue weighted by molar-refractivity contribution is -0.310. The molecule has 3 rings (SSSR count). The maximum absolute atomic E-state index is 13.1. The van der Waals surface area contributed by atoms with E-state index in [0.717, 1.165) is 0 Å². The Morgan fingerprint density at radius 2 is 1.87 bits per heavy atom. The van der Waals surface area contributed by atoms with Gasteiger partial charge in [-0.1, -0.05) is 13.8 Å². The number of hydrogen-bond donors (Lipinski definition) is 1. The fraction of sp³-hybridized carbons (Fsp3) is 0.524. The average Bonchev–Trinajstić information content (AvgIpc) is 3.33. The second kappa shape index (κ2) is 8.81. The van der Waals surface area contributed by atoms with E-state index in [1.165, 1.54) is 34.1 Å². The number of carbonyl (C=O) groups is 4. The summed E-state index contributed by atoms with van der Waals surface area (Å²) >= 11 is 0. The van der Waals surface area contributed by atoms with Gasteiger partial charge in [-0.25, -0.2) is 4.39 Å². The molecular formula is C21H25FN3O5-. The Hall–Kier alpha value is -2.97. The van der Waals surface area contributed by atoms with Crippen LogP contribution >= 0.6 is 0 Å². The molecule has 3 amide bonds. The van der Waals surface area contributed by atoms with Crippen LogP contribution in [0.5, 0.6) is 0 Å². The standard InChI is InChI=1S/C21H26FN3O5/c1-12(2)18(20(28)24-9-3-4-16(24)21(29)30)23-19(27)13-10-17(26)25(11-13)15-7-5-14(22)6-8-15/h5-8,12-13,16,18H,3-4,9-11H2,1-2H3,(H,23,27)(H,29,30)/p-1/t13-,16+,18+/m1/s1. The minimum Gasteiger partial charge on any atom is -0.548 e. The van der Waals surface area contributed by atoms with E-state index in [0.29, 0.717) is 25.1 Å². The van der Waals surface area contributed by atoms with Gasteiger partial charge in [0.05, 0.1) is 17.9 Å². The molecule has 2 saturated heterocycles. The van der Waals surface area contributed by atoms with E-state index in [-0.39, 0.29) is 24.8 Å². The maximum Gasteiger partial charge on any atom is 0.245 e. The molecule has 9 heteroatoms. The highest BCUT2D eigenvalue weighted by atomic mass is 19.1. The van der Waals surface area contributed by atoms with Gasteiger partial charge in [0.25, 0.3) is 0 Å². The smallest absolute Gasteiger partial charge is 0.245 e. The van der Waals surface area contributed by atoms with E-state index in [1.54, 1.807) is 13.8 Å². The summed E-state index contributed by atoms with van der Waals surface area (Å²) in [5, 5.41) is 14.0. The van der Waals surface area contributed by atoms with Crippen LogP contribution in [0.1, 0.15) is 33.1 Å². The molecule has 2 aliphatic rings. The van der Waals surface area contributed by atoms with Crippen LogP contribution in [0.3, 0.4) is 0 Å². The number of rotatable bonds is 6. The van der Waals surface area contributed by atoms with Crippen molar-refractivity contribution >= 4 is 29.4 Å². The number of carbonyl (C=O) groups excluding carboxylic acids is 4. The normalized spacial score (nSPS) is 22.5. The van der Waals surface area contributed by atoms with Gasteiger partial charge in [0, 0.05) is 25.2 Å². The van der Waals surface area contributed by atoms with Crippen LogP contribution in [0.2, 0.25) is 0 Å². The molecule has 2 fully saturated rings. The van der Waals surface area contributed by atoms with Crippen LogP contribution in [0.15, 0.2) is 24.3 Å². The van der Waals surface area contributed by atoms with Gasteiger partial charge >= 0.3 is 0 Å². The topological polar surface area (TPSA) is 110 Å². The molecule has 1 aromatic rings. The Bertz CT molecular complexity index is 842. The summed E-state index contributed by atoms with van der Waals surface area (Å²) < 4.78 is 13.1. The highest BCUT2D eigenvalue weighted by molar-refractivity contribution is 6.01. The molecular weight excluding hydrogens is 393 g/mol. The van der Waals surface area contributed by atoms with E-state index < -0.39 is 41.6 Å². The molecule has 0 spiro atoms. The zero-order valence-electron chi connectivity index (χ0n) is 17.0. The van der Waals surface area contributed by atoms with Gasteiger partial charge in [0.2, 0.25) is 17.7 Å². The summed E-state index contributed by atoms with van der Waals surface area (Å²) in [5.41, 5.74) is 0.502. The fourth-order valence-corrected chi connectivity index (χ4v) is 3.99. The highest BCUT2D eigenvalue weighted by Crippen LogP contribution is 2.26. The van der Waals surface area contributed by atoms with Gasteiger partial charge < -0.3 is 25.0 Å². The Morgan fingerprint density at radius 1 is 1.20 bits per heavy atom. The Balaban J connectivity index is 1.68. The maximum atomic E-state index is 13.1. The van der Waals surface area contributed by atoms with E-state index in [1.807, 2.05) is 0 Å². The lowest BCUT2D eigenvalue weighted by Crippen LogP contribution is -2.56. The quantitative estimate of drug-likeness (QED) is 0.703. The average molecular weight is 418 g/mol. The van der Waals surface area contributed by atoms with Crippen molar-refractivity contribution in [1.82, 2.24) is 10.2 Å². The summed E-state index contributed by atoms with van der Waals surface area (Å²) in [4.78, 5) is 52.1. The van der Waals surface area contributed by atoms with Crippen LogP contribution in [-0.2, 0) is 19.2 Å². The van der Waals surface area contributed by atoms with E-state index in [4.69, 9.17) is 0 Å². The SMILES string of the molecule is CC(C)[C@H](NC(=O)[C@@H]1CC(=O)N(c2ccc(F)cc2)C1)C(=O)N1CCC[C@H]1C(=O)[O-]. The van der Waals surface area contributed by atoms with Gasteiger partial charge in [-0.2, -0.15) is 0 Å². The predicted molar refractivity (Wildman–Crippen MR) is 103 cm³/mol. The number of nitrogens with one attached hydrogen (secondary N) is 1. The van der Waals surface area contributed by atoms with Crippen molar-refractivity contribution in [2.75, 3.05) is 18.0 Å². The minimum absolute atomic E-state index is 0.0202. The molecule has 30 heavy (non-hydrogen) atoms. The molecule has 2 heterocycles. The van der Waals surface area contributed by atoms with Gasteiger partial charge in [0.1, 0.15) is 11.9 Å². The first-order valence-electron chi connectivity index (χ1n) is 10.1. The van der Waals surface area contributed by atoms with Crippen LogP contribution in [-0.4, -0.2) is 53.8 Å². The van der Waals surface area contributed by atoms with Crippen LogP contribution < -0.4 is 15.3 Å². The third-order valence-electron chi connectivity index (χ3n) is 5.67. The molecule has 8 nitrogen and oxygen atoms in total. The number of benzene rings is 1. The second-order valence-electron chi connectivity index (χ2n) is 8.12. The molecule has 0 aromatic heterocycles. The number of amides is 3. The largest absolute Gasteiger partial charge is 0.548 e. The zero-order chi connectivity index (χ0) is 22.0. The van der Waals surface area contributed by atoms with Crippen molar-refractivity contribution in [2.24, 2.45) is 11.8 Å². The van der Waals surface area contributed by atoms with Gasteiger partial charge in [0.15, 0.2) is 0 Å². The van der Waals surface area contributed by atoms with Gasteiger partial charge in [-0.05, 0) is 43.0 Å². The van der Waals surface area contributed by atoms with Crippen LogP contribution in [0.4, 0.5) is 10.1 Å². The lowest BCUT2D eigenvalue weighted by atomic mass is 10.00.